The van der Waals surface area contributed by atoms with Crippen molar-refractivity contribution in [1.29, 1.82) is 0 Å². The highest BCUT2D eigenvalue weighted by Gasteiger charge is 2.11. The van der Waals surface area contributed by atoms with E-state index in [9.17, 15) is 5.21 Å². The van der Waals surface area contributed by atoms with E-state index in [0.717, 1.165) is 10.3 Å². The van der Waals surface area contributed by atoms with Crippen molar-refractivity contribution in [2.45, 2.75) is 6.92 Å². The Morgan fingerprint density at radius 2 is 2.07 bits per heavy atom. The lowest BCUT2D eigenvalue weighted by atomic mass is 10.1. The highest BCUT2D eigenvalue weighted by molar-refractivity contribution is 5.54. The predicted octanol–water partition coefficient (Wildman–Crippen LogP) is 1.69. The average molecular weight is 186 g/mol. The van der Waals surface area contributed by atoms with Crippen molar-refractivity contribution in [2.24, 2.45) is 0 Å². The zero-order valence-electron chi connectivity index (χ0n) is 7.84. The fourth-order valence-electron chi connectivity index (χ4n) is 1.41. The van der Waals surface area contributed by atoms with Crippen molar-refractivity contribution in [1.82, 2.24) is 4.98 Å². The number of aromatic nitrogens is 2. The Morgan fingerprint density at radius 1 is 1.21 bits per heavy atom. The van der Waals surface area contributed by atoms with Crippen LogP contribution in [-0.4, -0.2) is 4.98 Å². The number of pyridine rings is 2. The summed E-state index contributed by atoms with van der Waals surface area (Å²) in [4.78, 5) is 4.15. The Labute approximate surface area is 82.3 Å². The van der Waals surface area contributed by atoms with Crippen molar-refractivity contribution in [3.8, 4) is 11.4 Å². The minimum atomic E-state index is 0.619. The first-order chi connectivity index (χ1) is 6.79. The third-order valence-corrected chi connectivity index (χ3v) is 2.07. The van der Waals surface area contributed by atoms with Crippen LogP contribution in [0.25, 0.3) is 11.4 Å². The molecule has 0 fully saturated rings. The molecule has 3 nitrogen and oxygen atoms in total. The molecule has 0 bridgehead atoms. The van der Waals surface area contributed by atoms with Crippen molar-refractivity contribution >= 4 is 0 Å². The molecule has 2 aromatic rings. The summed E-state index contributed by atoms with van der Waals surface area (Å²) in [6.45, 7) is 1.90. The van der Waals surface area contributed by atoms with Crippen LogP contribution in [0.5, 0.6) is 0 Å². The molecule has 2 rings (SSSR count). The lowest BCUT2D eigenvalue weighted by Gasteiger charge is -2.05. The SMILES string of the molecule is Cc1ccc[n+]([O-])c1-c1ccccn1. The topological polar surface area (TPSA) is 39.8 Å². The smallest absolute Gasteiger partial charge is 0.245 e. The highest BCUT2D eigenvalue weighted by Crippen LogP contribution is 2.15. The van der Waals surface area contributed by atoms with Gasteiger partial charge in [-0.25, -0.2) is 4.98 Å². The molecule has 2 heterocycles. The fraction of sp³-hybridized carbons (Fsp3) is 0.0909. The van der Waals surface area contributed by atoms with Crippen LogP contribution in [0.3, 0.4) is 0 Å². The van der Waals surface area contributed by atoms with Crippen LogP contribution in [0.15, 0.2) is 42.7 Å². The normalized spacial score (nSPS) is 10.1. The lowest BCUT2D eigenvalue weighted by Crippen LogP contribution is -2.29. The van der Waals surface area contributed by atoms with E-state index in [1.165, 1.54) is 6.20 Å². The minimum absolute atomic E-state index is 0.619. The van der Waals surface area contributed by atoms with Crippen LogP contribution in [0, 0.1) is 12.1 Å². The van der Waals surface area contributed by atoms with Gasteiger partial charge in [0.05, 0.1) is 0 Å². The van der Waals surface area contributed by atoms with Gasteiger partial charge in [-0.05, 0) is 25.1 Å². The maximum Gasteiger partial charge on any atom is 0.245 e. The van der Waals surface area contributed by atoms with Crippen LogP contribution in [0.4, 0.5) is 0 Å². The summed E-state index contributed by atoms with van der Waals surface area (Å²) in [5, 5.41) is 11.5. The van der Waals surface area contributed by atoms with E-state index in [-0.39, 0.29) is 0 Å². The van der Waals surface area contributed by atoms with Gasteiger partial charge in [0, 0.05) is 17.8 Å². The zero-order chi connectivity index (χ0) is 9.97. The highest BCUT2D eigenvalue weighted by atomic mass is 16.5. The van der Waals surface area contributed by atoms with Gasteiger partial charge in [-0.15, -0.1) is 0 Å². The second-order valence-electron chi connectivity index (χ2n) is 3.08. The molecule has 0 saturated heterocycles. The van der Waals surface area contributed by atoms with Gasteiger partial charge in [0.25, 0.3) is 0 Å². The van der Waals surface area contributed by atoms with Crippen LogP contribution in [0.1, 0.15) is 5.56 Å². The number of aryl methyl sites for hydroxylation is 1. The molecule has 0 aromatic carbocycles. The summed E-state index contributed by atoms with van der Waals surface area (Å²) < 4.78 is 0.845. The second-order valence-corrected chi connectivity index (χ2v) is 3.08. The van der Waals surface area contributed by atoms with Crippen molar-refractivity contribution in [3.05, 3.63) is 53.5 Å². The summed E-state index contributed by atoms with van der Waals surface area (Å²) in [6, 6.07) is 9.16. The number of hydrogen-bond donors (Lipinski definition) is 0. The predicted molar refractivity (Wildman–Crippen MR) is 53.4 cm³/mol. The molecular formula is C11H10N2O. The van der Waals surface area contributed by atoms with E-state index in [2.05, 4.69) is 4.98 Å². The standard InChI is InChI=1S/C11H10N2O/c1-9-5-4-8-13(14)11(9)10-6-2-3-7-12-10/h2-8H,1H3. The van der Waals surface area contributed by atoms with E-state index < -0.39 is 0 Å². The Balaban J connectivity index is 2.63. The summed E-state index contributed by atoms with van der Waals surface area (Å²) in [7, 11) is 0. The molecule has 70 valence electrons. The van der Waals surface area contributed by atoms with Crippen LogP contribution < -0.4 is 4.73 Å². The molecule has 0 radical (unpaired) electrons. The van der Waals surface area contributed by atoms with Gasteiger partial charge in [0.1, 0.15) is 5.69 Å². The number of rotatable bonds is 1. The van der Waals surface area contributed by atoms with Gasteiger partial charge in [-0.2, -0.15) is 4.73 Å². The van der Waals surface area contributed by atoms with E-state index in [0.29, 0.717) is 11.4 Å². The molecule has 0 unspecified atom stereocenters. The first kappa shape index (κ1) is 8.69. The maximum atomic E-state index is 11.5. The van der Waals surface area contributed by atoms with Crippen molar-refractivity contribution in [2.75, 3.05) is 0 Å². The van der Waals surface area contributed by atoms with E-state index in [1.54, 1.807) is 12.3 Å². The molecule has 0 aliphatic heterocycles. The lowest BCUT2D eigenvalue weighted by molar-refractivity contribution is -0.594. The van der Waals surface area contributed by atoms with E-state index in [4.69, 9.17) is 0 Å². The van der Waals surface area contributed by atoms with E-state index in [1.807, 2.05) is 31.2 Å². The number of nitrogens with zero attached hydrogens (tertiary/aromatic N) is 2. The molecule has 0 saturated carbocycles. The Hall–Kier alpha value is -1.90. The second kappa shape index (κ2) is 3.46. The van der Waals surface area contributed by atoms with Gasteiger partial charge in [0.2, 0.25) is 5.69 Å². The molecule has 0 N–H and O–H groups in total. The first-order valence-corrected chi connectivity index (χ1v) is 4.39. The fourth-order valence-corrected chi connectivity index (χ4v) is 1.41. The third kappa shape index (κ3) is 1.44. The molecule has 0 spiro atoms. The minimum Gasteiger partial charge on any atom is -0.618 e. The third-order valence-electron chi connectivity index (χ3n) is 2.07. The average Bonchev–Trinajstić information content (AvgIpc) is 2.19. The summed E-state index contributed by atoms with van der Waals surface area (Å²) in [6.07, 6.45) is 3.17. The summed E-state index contributed by atoms with van der Waals surface area (Å²) in [5.41, 5.74) is 2.26. The largest absolute Gasteiger partial charge is 0.618 e. The summed E-state index contributed by atoms with van der Waals surface area (Å²) in [5.74, 6) is 0. The Morgan fingerprint density at radius 3 is 2.71 bits per heavy atom. The molecular weight excluding hydrogens is 176 g/mol. The first-order valence-electron chi connectivity index (χ1n) is 4.39. The molecule has 3 heteroatoms. The Kier molecular flexibility index (Phi) is 2.14. The summed E-state index contributed by atoms with van der Waals surface area (Å²) >= 11 is 0. The molecule has 0 aliphatic rings. The van der Waals surface area contributed by atoms with Crippen molar-refractivity contribution in [3.63, 3.8) is 0 Å². The maximum absolute atomic E-state index is 11.5. The van der Waals surface area contributed by atoms with Crippen molar-refractivity contribution < 1.29 is 4.73 Å². The van der Waals surface area contributed by atoms with Crippen LogP contribution >= 0.6 is 0 Å². The quantitative estimate of drug-likeness (QED) is 0.502. The van der Waals surface area contributed by atoms with Gasteiger partial charge in [0.15, 0.2) is 6.20 Å². The van der Waals surface area contributed by atoms with Crippen LogP contribution in [-0.2, 0) is 0 Å². The van der Waals surface area contributed by atoms with Gasteiger partial charge in [-0.3, -0.25) is 0 Å². The molecule has 0 amide bonds. The molecule has 0 atom stereocenters. The monoisotopic (exact) mass is 186 g/mol. The van der Waals surface area contributed by atoms with Gasteiger partial charge in [-0.1, -0.05) is 6.07 Å². The molecule has 0 aliphatic carbocycles. The Bertz CT molecular complexity index is 420. The number of hydrogen-bond acceptors (Lipinski definition) is 2. The van der Waals surface area contributed by atoms with E-state index >= 15 is 0 Å². The van der Waals surface area contributed by atoms with Crippen LogP contribution in [0.2, 0.25) is 0 Å². The van der Waals surface area contributed by atoms with Gasteiger partial charge >= 0.3 is 0 Å². The molecule has 14 heavy (non-hydrogen) atoms. The van der Waals surface area contributed by atoms with Gasteiger partial charge < -0.3 is 5.21 Å². The zero-order valence-corrected chi connectivity index (χ0v) is 7.84. The molecule has 2 aromatic heterocycles.